The third kappa shape index (κ3) is 4.83. The molecule has 2 aromatic carbocycles. The summed E-state index contributed by atoms with van der Waals surface area (Å²) in [4.78, 5) is 12.3. The Labute approximate surface area is 146 Å². The van der Waals surface area contributed by atoms with Crippen molar-refractivity contribution in [3.63, 3.8) is 0 Å². The zero-order valence-corrected chi connectivity index (χ0v) is 15.5. The van der Waals surface area contributed by atoms with Gasteiger partial charge >= 0.3 is 0 Å². The van der Waals surface area contributed by atoms with Gasteiger partial charge in [0.1, 0.15) is 5.75 Å². The van der Waals surface area contributed by atoms with Crippen molar-refractivity contribution >= 4 is 21.8 Å². The van der Waals surface area contributed by atoms with E-state index in [-0.39, 0.29) is 11.9 Å². The topological polar surface area (TPSA) is 38.3 Å². The molecule has 0 saturated heterocycles. The van der Waals surface area contributed by atoms with Crippen LogP contribution in [0.1, 0.15) is 36.6 Å². The lowest BCUT2D eigenvalue weighted by Crippen LogP contribution is -2.38. The first-order chi connectivity index (χ1) is 10.9. The first-order valence-electron chi connectivity index (χ1n) is 7.66. The van der Waals surface area contributed by atoms with Crippen LogP contribution in [0.5, 0.6) is 5.75 Å². The quantitative estimate of drug-likeness (QED) is 0.821. The molecule has 2 atom stereocenters. The van der Waals surface area contributed by atoms with Gasteiger partial charge in [0.05, 0.1) is 6.04 Å². The summed E-state index contributed by atoms with van der Waals surface area (Å²) in [6, 6.07) is 13.7. The average molecular weight is 376 g/mol. The molecule has 2 rings (SSSR count). The van der Waals surface area contributed by atoms with Gasteiger partial charge in [0.15, 0.2) is 6.10 Å². The lowest BCUT2D eigenvalue weighted by Gasteiger charge is -2.20. The van der Waals surface area contributed by atoms with Crippen molar-refractivity contribution in [2.75, 3.05) is 0 Å². The summed E-state index contributed by atoms with van der Waals surface area (Å²) < 4.78 is 6.67. The number of ether oxygens (including phenoxy) is 1. The van der Waals surface area contributed by atoms with Gasteiger partial charge in [0, 0.05) is 4.47 Å². The molecule has 0 aliphatic rings. The Balaban J connectivity index is 2.00. The monoisotopic (exact) mass is 375 g/mol. The fourth-order valence-electron chi connectivity index (χ4n) is 2.41. The predicted molar refractivity (Wildman–Crippen MR) is 96.7 cm³/mol. The standard InChI is InChI=1S/C19H22BrNO2/c1-12-5-6-13(2)18(11-12)14(3)21-19(22)15(4)23-17-9-7-16(20)8-10-17/h5-11,14-15H,1-4H3,(H,21,22)/t14-,15+/m0/s1. The molecular formula is C19H22BrNO2. The second-order valence-electron chi connectivity index (χ2n) is 5.80. The predicted octanol–water partition coefficient (Wildman–Crippen LogP) is 4.71. The van der Waals surface area contributed by atoms with Crippen molar-refractivity contribution in [1.29, 1.82) is 0 Å². The molecule has 0 aliphatic carbocycles. The van der Waals surface area contributed by atoms with Gasteiger partial charge in [-0.15, -0.1) is 0 Å². The van der Waals surface area contributed by atoms with E-state index in [0.29, 0.717) is 5.75 Å². The maximum Gasteiger partial charge on any atom is 0.261 e. The minimum absolute atomic E-state index is 0.0571. The Hall–Kier alpha value is -1.81. The van der Waals surface area contributed by atoms with E-state index in [1.165, 1.54) is 11.1 Å². The van der Waals surface area contributed by atoms with E-state index in [1.54, 1.807) is 6.92 Å². The van der Waals surface area contributed by atoms with Crippen LogP contribution in [0.15, 0.2) is 46.9 Å². The molecule has 1 N–H and O–H groups in total. The first-order valence-corrected chi connectivity index (χ1v) is 8.46. The second kappa shape index (κ2) is 7.64. The van der Waals surface area contributed by atoms with Crippen LogP contribution in [0.3, 0.4) is 0 Å². The van der Waals surface area contributed by atoms with E-state index >= 15 is 0 Å². The maximum absolute atomic E-state index is 12.3. The van der Waals surface area contributed by atoms with Gasteiger partial charge in [-0.1, -0.05) is 39.7 Å². The molecular weight excluding hydrogens is 354 g/mol. The average Bonchev–Trinajstić information content (AvgIpc) is 2.51. The summed E-state index contributed by atoms with van der Waals surface area (Å²) in [6.07, 6.45) is -0.552. The zero-order chi connectivity index (χ0) is 17.0. The van der Waals surface area contributed by atoms with Crippen LogP contribution in [0, 0.1) is 13.8 Å². The number of benzene rings is 2. The number of nitrogens with one attached hydrogen (secondary N) is 1. The molecule has 0 fully saturated rings. The molecule has 122 valence electrons. The molecule has 0 unspecified atom stereocenters. The summed E-state index contributed by atoms with van der Waals surface area (Å²) in [5.41, 5.74) is 3.49. The van der Waals surface area contributed by atoms with E-state index in [4.69, 9.17) is 4.74 Å². The zero-order valence-electron chi connectivity index (χ0n) is 13.9. The van der Waals surface area contributed by atoms with E-state index in [1.807, 2.05) is 31.2 Å². The van der Waals surface area contributed by atoms with Crippen LogP contribution in [-0.2, 0) is 4.79 Å². The molecule has 0 heterocycles. The van der Waals surface area contributed by atoms with Crippen LogP contribution in [0.2, 0.25) is 0 Å². The van der Waals surface area contributed by atoms with Crippen molar-refractivity contribution in [2.24, 2.45) is 0 Å². The minimum Gasteiger partial charge on any atom is -0.481 e. The molecule has 23 heavy (non-hydrogen) atoms. The van der Waals surface area contributed by atoms with Gasteiger partial charge in [-0.05, 0) is 63.1 Å². The summed E-state index contributed by atoms with van der Waals surface area (Å²) in [5.74, 6) is 0.552. The van der Waals surface area contributed by atoms with E-state index < -0.39 is 6.10 Å². The van der Waals surface area contributed by atoms with E-state index in [0.717, 1.165) is 10.0 Å². The molecule has 4 heteroatoms. The van der Waals surface area contributed by atoms with Gasteiger partial charge in [-0.3, -0.25) is 4.79 Å². The van der Waals surface area contributed by atoms with Crippen molar-refractivity contribution in [3.8, 4) is 5.75 Å². The Bertz CT molecular complexity index is 682. The molecule has 0 aromatic heterocycles. The number of amides is 1. The molecule has 0 radical (unpaired) electrons. The Morgan fingerprint density at radius 3 is 2.39 bits per heavy atom. The third-order valence-electron chi connectivity index (χ3n) is 3.76. The van der Waals surface area contributed by atoms with E-state index in [2.05, 4.69) is 53.3 Å². The van der Waals surface area contributed by atoms with Crippen molar-refractivity contribution < 1.29 is 9.53 Å². The van der Waals surface area contributed by atoms with Crippen molar-refractivity contribution in [3.05, 3.63) is 63.6 Å². The smallest absolute Gasteiger partial charge is 0.261 e. The summed E-state index contributed by atoms with van der Waals surface area (Å²) >= 11 is 3.38. The van der Waals surface area contributed by atoms with Gasteiger partial charge in [0.2, 0.25) is 0 Å². The van der Waals surface area contributed by atoms with Crippen molar-refractivity contribution in [1.82, 2.24) is 5.32 Å². The number of rotatable bonds is 5. The fourth-order valence-corrected chi connectivity index (χ4v) is 2.67. The normalized spacial score (nSPS) is 13.3. The number of halogens is 1. The lowest BCUT2D eigenvalue weighted by molar-refractivity contribution is -0.127. The third-order valence-corrected chi connectivity index (χ3v) is 4.28. The lowest BCUT2D eigenvalue weighted by atomic mass is 10.00. The summed E-state index contributed by atoms with van der Waals surface area (Å²) in [6.45, 7) is 7.86. The molecule has 3 nitrogen and oxygen atoms in total. The molecule has 0 aliphatic heterocycles. The largest absolute Gasteiger partial charge is 0.481 e. The number of hydrogen-bond donors (Lipinski definition) is 1. The van der Waals surface area contributed by atoms with Gasteiger partial charge in [0.25, 0.3) is 5.91 Å². The van der Waals surface area contributed by atoms with Gasteiger partial charge < -0.3 is 10.1 Å². The van der Waals surface area contributed by atoms with Crippen LogP contribution in [0.4, 0.5) is 0 Å². The van der Waals surface area contributed by atoms with Gasteiger partial charge in [-0.2, -0.15) is 0 Å². The molecule has 2 aromatic rings. The molecule has 0 spiro atoms. The summed E-state index contributed by atoms with van der Waals surface area (Å²) in [7, 11) is 0. The Kier molecular flexibility index (Phi) is 5.83. The minimum atomic E-state index is -0.552. The van der Waals surface area contributed by atoms with Crippen LogP contribution < -0.4 is 10.1 Å². The molecule has 0 bridgehead atoms. The highest BCUT2D eigenvalue weighted by Gasteiger charge is 2.18. The first kappa shape index (κ1) is 17.5. The van der Waals surface area contributed by atoms with Crippen molar-refractivity contribution in [2.45, 2.75) is 39.8 Å². The molecule has 0 saturated carbocycles. The van der Waals surface area contributed by atoms with Crippen LogP contribution >= 0.6 is 15.9 Å². The van der Waals surface area contributed by atoms with Crippen LogP contribution in [-0.4, -0.2) is 12.0 Å². The van der Waals surface area contributed by atoms with Crippen LogP contribution in [0.25, 0.3) is 0 Å². The Morgan fingerprint density at radius 2 is 1.74 bits per heavy atom. The highest BCUT2D eigenvalue weighted by Crippen LogP contribution is 2.20. The summed E-state index contributed by atoms with van der Waals surface area (Å²) in [5, 5.41) is 3.02. The fraction of sp³-hybridized carbons (Fsp3) is 0.316. The second-order valence-corrected chi connectivity index (χ2v) is 6.72. The maximum atomic E-state index is 12.3. The number of carbonyl (C=O) groups excluding carboxylic acids is 1. The SMILES string of the molecule is Cc1ccc(C)c([C@H](C)NC(=O)[C@@H](C)Oc2ccc(Br)cc2)c1. The Morgan fingerprint density at radius 1 is 1.09 bits per heavy atom. The number of aryl methyl sites for hydroxylation is 2. The highest BCUT2D eigenvalue weighted by atomic mass is 79.9. The van der Waals surface area contributed by atoms with Gasteiger partial charge in [-0.25, -0.2) is 0 Å². The number of carbonyl (C=O) groups is 1. The molecule has 1 amide bonds. The number of hydrogen-bond acceptors (Lipinski definition) is 2. The highest BCUT2D eigenvalue weighted by molar-refractivity contribution is 9.10. The van der Waals surface area contributed by atoms with E-state index in [9.17, 15) is 4.79 Å².